The first kappa shape index (κ1) is 16.0. The predicted molar refractivity (Wildman–Crippen MR) is 86.1 cm³/mol. The molecule has 0 aliphatic heterocycles. The monoisotopic (exact) mass is 299 g/mol. The summed E-state index contributed by atoms with van der Waals surface area (Å²) in [7, 11) is 1.92. The van der Waals surface area contributed by atoms with Gasteiger partial charge < -0.3 is 14.7 Å². The maximum Gasteiger partial charge on any atom is 0.307 e. The van der Waals surface area contributed by atoms with E-state index in [0.717, 1.165) is 17.1 Å². The van der Waals surface area contributed by atoms with Gasteiger partial charge in [0, 0.05) is 18.7 Å². The van der Waals surface area contributed by atoms with Crippen molar-refractivity contribution >= 4 is 5.97 Å². The molecule has 2 aromatic carbocycles. The fourth-order valence-electron chi connectivity index (χ4n) is 2.25. The van der Waals surface area contributed by atoms with Crippen LogP contribution < -0.4 is 4.74 Å². The predicted octanol–water partition coefficient (Wildman–Crippen LogP) is 3.63. The molecule has 1 atom stereocenters. The number of carbonyl (C=O) groups is 1. The number of carboxylic acid groups (broad SMARTS) is 1. The second-order valence-electron chi connectivity index (χ2n) is 5.46. The Morgan fingerprint density at radius 1 is 1.14 bits per heavy atom. The quantitative estimate of drug-likeness (QED) is 0.848. The second-order valence-corrected chi connectivity index (χ2v) is 5.46. The summed E-state index contributed by atoms with van der Waals surface area (Å²) in [5.41, 5.74) is 1.03. The van der Waals surface area contributed by atoms with E-state index >= 15 is 0 Å². The third-order valence-corrected chi connectivity index (χ3v) is 3.39. The van der Waals surface area contributed by atoms with E-state index in [-0.39, 0.29) is 0 Å². The SMILES string of the molecule is CC(CN(C)Cc1ccccc1Oc1ccccc1)C(=O)O. The van der Waals surface area contributed by atoms with E-state index in [1.54, 1.807) is 6.92 Å². The smallest absolute Gasteiger partial charge is 0.307 e. The molecule has 0 spiro atoms. The van der Waals surface area contributed by atoms with Crippen LogP contribution in [0.4, 0.5) is 0 Å². The molecule has 0 aliphatic rings. The lowest BCUT2D eigenvalue weighted by molar-refractivity contribution is -0.141. The molecule has 0 radical (unpaired) electrons. The number of aliphatic carboxylic acids is 1. The molecule has 0 saturated carbocycles. The van der Waals surface area contributed by atoms with Gasteiger partial charge in [-0.15, -0.1) is 0 Å². The summed E-state index contributed by atoms with van der Waals surface area (Å²) < 4.78 is 5.92. The molecule has 4 nitrogen and oxygen atoms in total. The van der Waals surface area contributed by atoms with Crippen LogP contribution in [-0.2, 0) is 11.3 Å². The summed E-state index contributed by atoms with van der Waals surface area (Å²) in [4.78, 5) is 12.9. The van der Waals surface area contributed by atoms with E-state index in [1.165, 1.54) is 0 Å². The number of rotatable bonds is 7. The Kier molecular flexibility index (Phi) is 5.55. The van der Waals surface area contributed by atoms with Gasteiger partial charge in [0.25, 0.3) is 0 Å². The van der Waals surface area contributed by atoms with Crippen LogP contribution in [0.5, 0.6) is 11.5 Å². The Bertz CT molecular complexity index is 613. The van der Waals surface area contributed by atoms with Gasteiger partial charge in [0.15, 0.2) is 0 Å². The van der Waals surface area contributed by atoms with Crippen molar-refractivity contribution in [2.75, 3.05) is 13.6 Å². The van der Waals surface area contributed by atoms with Crippen molar-refractivity contribution in [3.63, 3.8) is 0 Å². The molecule has 0 heterocycles. The Morgan fingerprint density at radius 3 is 2.45 bits per heavy atom. The molecule has 2 aromatic rings. The molecule has 0 aliphatic carbocycles. The highest BCUT2D eigenvalue weighted by Crippen LogP contribution is 2.25. The van der Waals surface area contributed by atoms with Crippen molar-refractivity contribution in [3.8, 4) is 11.5 Å². The number of nitrogens with zero attached hydrogens (tertiary/aromatic N) is 1. The molecule has 0 aromatic heterocycles. The van der Waals surface area contributed by atoms with Crippen LogP contribution in [-0.4, -0.2) is 29.6 Å². The van der Waals surface area contributed by atoms with Gasteiger partial charge in [-0.3, -0.25) is 4.79 Å². The summed E-state index contributed by atoms with van der Waals surface area (Å²) in [6.07, 6.45) is 0. The minimum absolute atomic E-state index is 0.396. The first-order valence-corrected chi connectivity index (χ1v) is 7.28. The van der Waals surface area contributed by atoms with Gasteiger partial charge in [-0.2, -0.15) is 0 Å². The van der Waals surface area contributed by atoms with Crippen LogP contribution in [0.1, 0.15) is 12.5 Å². The molecular weight excluding hydrogens is 278 g/mol. The van der Waals surface area contributed by atoms with Gasteiger partial charge in [0.1, 0.15) is 11.5 Å². The van der Waals surface area contributed by atoms with Gasteiger partial charge in [-0.1, -0.05) is 43.3 Å². The van der Waals surface area contributed by atoms with E-state index < -0.39 is 11.9 Å². The highest BCUT2D eigenvalue weighted by molar-refractivity contribution is 5.69. The molecule has 2 rings (SSSR count). The molecule has 116 valence electrons. The number of hydrogen-bond acceptors (Lipinski definition) is 3. The second kappa shape index (κ2) is 7.61. The lowest BCUT2D eigenvalue weighted by Gasteiger charge is -2.20. The topological polar surface area (TPSA) is 49.8 Å². The fraction of sp³-hybridized carbons (Fsp3) is 0.278. The number of hydrogen-bond donors (Lipinski definition) is 1. The Balaban J connectivity index is 2.06. The molecule has 22 heavy (non-hydrogen) atoms. The Hall–Kier alpha value is -2.33. The van der Waals surface area contributed by atoms with Crippen molar-refractivity contribution in [2.45, 2.75) is 13.5 Å². The molecule has 0 amide bonds. The summed E-state index contributed by atoms with van der Waals surface area (Å²) in [5.74, 6) is 0.410. The summed E-state index contributed by atoms with van der Waals surface area (Å²) in [6, 6.07) is 17.4. The highest BCUT2D eigenvalue weighted by atomic mass is 16.5. The molecule has 0 bridgehead atoms. The average Bonchev–Trinajstić information content (AvgIpc) is 2.50. The van der Waals surface area contributed by atoms with Crippen molar-refractivity contribution in [1.82, 2.24) is 4.90 Å². The van der Waals surface area contributed by atoms with Crippen LogP contribution in [0, 0.1) is 5.92 Å². The number of carboxylic acids is 1. The maximum absolute atomic E-state index is 10.9. The largest absolute Gasteiger partial charge is 0.481 e. The number of benzene rings is 2. The lowest BCUT2D eigenvalue weighted by atomic mass is 10.1. The molecule has 4 heteroatoms. The maximum atomic E-state index is 10.9. The zero-order chi connectivity index (χ0) is 15.9. The van der Waals surface area contributed by atoms with Gasteiger partial charge in [0.05, 0.1) is 5.92 Å². The first-order valence-electron chi connectivity index (χ1n) is 7.28. The number of ether oxygens (including phenoxy) is 1. The summed E-state index contributed by atoms with van der Waals surface area (Å²) in [6.45, 7) is 2.85. The molecule has 0 saturated heterocycles. The highest BCUT2D eigenvalue weighted by Gasteiger charge is 2.15. The standard InChI is InChI=1S/C18H21NO3/c1-14(18(20)21)12-19(2)13-15-8-6-7-11-17(15)22-16-9-4-3-5-10-16/h3-11,14H,12-13H2,1-2H3,(H,20,21). The van der Waals surface area contributed by atoms with Gasteiger partial charge in [-0.25, -0.2) is 0 Å². The van der Waals surface area contributed by atoms with E-state index in [2.05, 4.69) is 0 Å². The molecule has 1 N–H and O–H groups in total. The minimum Gasteiger partial charge on any atom is -0.481 e. The first-order chi connectivity index (χ1) is 10.6. The van der Waals surface area contributed by atoms with Gasteiger partial charge in [-0.05, 0) is 25.2 Å². The van der Waals surface area contributed by atoms with Crippen LogP contribution in [0.3, 0.4) is 0 Å². The lowest BCUT2D eigenvalue weighted by Crippen LogP contribution is -2.28. The third kappa shape index (κ3) is 4.60. The molecular formula is C18H21NO3. The van der Waals surface area contributed by atoms with Crippen LogP contribution in [0.25, 0.3) is 0 Å². The molecule has 1 unspecified atom stereocenters. The van der Waals surface area contributed by atoms with Crippen LogP contribution in [0.15, 0.2) is 54.6 Å². The molecule has 0 fully saturated rings. The van der Waals surface area contributed by atoms with Crippen LogP contribution >= 0.6 is 0 Å². The van der Waals surface area contributed by atoms with Crippen molar-refractivity contribution < 1.29 is 14.6 Å². The van der Waals surface area contributed by atoms with E-state index in [1.807, 2.05) is 66.5 Å². The normalized spacial score (nSPS) is 12.1. The van der Waals surface area contributed by atoms with E-state index in [9.17, 15) is 4.79 Å². The summed E-state index contributed by atoms with van der Waals surface area (Å²) in [5, 5.41) is 9.00. The van der Waals surface area contributed by atoms with Crippen molar-refractivity contribution in [1.29, 1.82) is 0 Å². The summed E-state index contributed by atoms with van der Waals surface area (Å²) >= 11 is 0. The Labute approximate surface area is 131 Å². The van der Waals surface area contributed by atoms with Crippen molar-refractivity contribution in [2.24, 2.45) is 5.92 Å². The fourth-order valence-corrected chi connectivity index (χ4v) is 2.25. The average molecular weight is 299 g/mol. The van der Waals surface area contributed by atoms with Crippen molar-refractivity contribution in [3.05, 3.63) is 60.2 Å². The van der Waals surface area contributed by atoms with E-state index in [4.69, 9.17) is 9.84 Å². The van der Waals surface area contributed by atoms with Gasteiger partial charge in [0.2, 0.25) is 0 Å². The number of para-hydroxylation sites is 2. The zero-order valence-electron chi connectivity index (χ0n) is 12.9. The van der Waals surface area contributed by atoms with Crippen LogP contribution in [0.2, 0.25) is 0 Å². The Morgan fingerprint density at radius 2 is 1.77 bits per heavy atom. The zero-order valence-corrected chi connectivity index (χ0v) is 12.9. The van der Waals surface area contributed by atoms with Gasteiger partial charge >= 0.3 is 5.97 Å². The minimum atomic E-state index is -0.777. The third-order valence-electron chi connectivity index (χ3n) is 3.39. The van der Waals surface area contributed by atoms with E-state index in [0.29, 0.717) is 13.1 Å².